The van der Waals surface area contributed by atoms with Gasteiger partial charge in [0.1, 0.15) is 0 Å². The first-order valence-electron chi connectivity index (χ1n) is 7.25. The maximum Gasteiger partial charge on any atom is 0.251 e. The number of carbonyl (C=O) groups excluding carboxylic acids is 1. The van der Waals surface area contributed by atoms with Crippen molar-refractivity contribution < 1.29 is 17.9 Å². The summed E-state index contributed by atoms with van der Waals surface area (Å²) in [5, 5.41) is 3.35. The van der Waals surface area contributed by atoms with Crippen LogP contribution in [0, 0.1) is 12.8 Å². The van der Waals surface area contributed by atoms with Gasteiger partial charge >= 0.3 is 0 Å². The number of halogens is 1. The number of amides is 1. The van der Waals surface area contributed by atoms with E-state index in [2.05, 4.69) is 5.32 Å². The Balaban J connectivity index is 2.09. The summed E-state index contributed by atoms with van der Waals surface area (Å²) in [5.41, 5.74) is 1.29. The van der Waals surface area contributed by atoms with Gasteiger partial charge in [0.15, 0.2) is 0 Å². The first-order chi connectivity index (χ1) is 10.7. The number of ether oxygens (including phenoxy) is 1. The second-order valence-corrected chi connectivity index (χ2v) is 8.56. The van der Waals surface area contributed by atoms with Gasteiger partial charge in [0.05, 0.1) is 25.0 Å². The van der Waals surface area contributed by atoms with Crippen LogP contribution in [0.1, 0.15) is 15.9 Å². The Morgan fingerprint density at radius 1 is 1.39 bits per heavy atom. The van der Waals surface area contributed by atoms with Gasteiger partial charge in [-0.15, -0.1) is 0 Å². The Labute approximate surface area is 141 Å². The first kappa shape index (κ1) is 18.2. The highest BCUT2D eigenvalue weighted by Crippen LogP contribution is 2.20. The summed E-state index contributed by atoms with van der Waals surface area (Å²) >= 11 is 5.94. The van der Waals surface area contributed by atoms with Crippen molar-refractivity contribution in [3.63, 3.8) is 0 Å². The van der Waals surface area contributed by atoms with Crippen LogP contribution in [0.4, 0.5) is 0 Å². The van der Waals surface area contributed by atoms with Gasteiger partial charge in [0, 0.05) is 30.6 Å². The largest absolute Gasteiger partial charge is 0.379 e. The third-order valence-electron chi connectivity index (χ3n) is 3.94. The fourth-order valence-electron chi connectivity index (χ4n) is 2.43. The average Bonchev–Trinajstić information content (AvgIpc) is 2.87. The number of hydrogen-bond acceptors (Lipinski definition) is 4. The third kappa shape index (κ3) is 4.44. The molecule has 0 saturated carbocycles. The topological polar surface area (TPSA) is 75.7 Å². The van der Waals surface area contributed by atoms with Gasteiger partial charge in [-0.25, -0.2) is 12.7 Å². The lowest BCUT2D eigenvalue weighted by Gasteiger charge is -2.21. The molecule has 128 valence electrons. The molecule has 1 fully saturated rings. The van der Waals surface area contributed by atoms with E-state index in [1.807, 2.05) is 6.92 Å². The quantitative estimate of drug-likeness (QED) is 0.858. The molecule has 1 aliphatic rings. The summed E-state index contributed by atoms with van der Waals surface area (Å²) in [7, 11) is -0.361. The Morgan fingerprint density at radius 2 is 2.09 bits per heavy atom. The molecule has 2 rings (SSSR count). The van der Waals surface area contributed by atoms with Gasteiger partial charge < -0.3 is 10.1 Å². The van der Waals surface area contributed by atoms with E-state index in [4.69, 9.17) is 16.3 Å². The van der Waals surface area contributed by atoms with Crippen LogP contribution in [0.5, 0.6) is 0 Å². The highest BCUT2D eigenvalue weighted by Gasteiger charge is 2.34. The van der Waals surface area contributed by atoms with Crippen LogP contribution in [0.2, 0.25) is 5.02 Å². The minimum absolute atomic E-state index is 0.0561. The van der Waals surface area contributed by atoms with E-state index in [9.17, 15) is 13.2 Å². The number of hydrogen-bond donors (Lipinski definition) is 1. The van der Waals surface area contributed by atoms with Crippen LogP contribution in [0.15, 0.2) is 18.2 Å². The molecule has 0 radical (unpaired) electrons. The number of nitrogens with zero attached hydrogens (tertiary/aromatic N) is 1. The van der Waals surface area contributed by atoms with Crippen LogP contribution in [0.3, 0.4) is 0 Å². The molecule has 0 bridgehead atoms. The minimum Gasteiger partial charge on any atom is -0.379 e. The molecule has 1 saturated heterocycles. The number of nitrogens with one attached hydrogen (secondary N) is 1. The van der Waals surface area contributed by atoms with Gasteiger partial charge in [-0.2, -0.15) is 0 Å². The molecule has 1 aromatic carbocycles. The van der Waals surface area contributed by atoms with Crippen LogP contribution in [0.25, 0.3) is 0 Å². The van der Waals surface area contributed by atoms with E-state index < -0.39 is 10.0 Å². The van der Waals surface area contributed by atoms with Gasteiger partial charge in [-0.05, 0) is 24.6 Å². The summed E-state index contributed by atoms with van der Waals surface area (Å²) in [6.07, 6.45) is 0. The number of benzene rings is 1. The molecule has 23 heavy (non-hydrogen) atoms. The maximum atomic E-state index is 12.4. The van der Waals surface area contributed by atoms with Crippen LogP contribution in [-0.2, 0) is 14.8 Å². The molecule has 6 nitrogen and oxygen atoms in total. The molecular formula is C15H21ClN2O4S. The highest BCUT2D eigenvalue weighted by molar-refractivity contribution is 7.89. The zero-order valence-electron chi connectivity index (χ0n) is 13.4. The van der Waals surface area contributed by atoms with E-state index >= 15 is 0 Å². The summed E-state index contributed by atoms with van der Waals surface area (Å²) < 4.78 is 30.6. The maximum absolute atomic E-state index is 12.4. The Hall–Kier alpha value is -1.15. The predicted octanol–water partition coefficient (Wildman–Crippen LogP) is 1.28. The Bertz CT molecular complexity index is 691. The van der Waals surface area contributed by atoms with Crippen molar-refractivity contribution in [1.29, 1.82) is 0 Å². The average molecular weight is 361 g/mol. The SMILES string of the molecule is Cc1ccc(Cl)cc1C(=O)N[C@H]1COC[C@H]1CS(=O)(=O)N(C)C. The lowest BCUT2D eigenvalue weighted by atomic mass is 10.0. The lowest BCUT2D eigenvalue weighted by molar-refractivity contribution is 0.0925. The molecule has 0 aromatic heterocycles. The zero-order valence-corrected chi connectivity index (χ0v) is 14.9. The van der Waals surface area contributed by atoms with Crippen molar-refractivity contribution in [2.45, 2.75) is 13.0 Å². The standard InChI is InChI=1S/C15H21ClN2O4S/c1-10-4-5-12(16)6-13(10)15(19)17-14-8-22-7-11(14)9-23(20,21)18(2)3/h4-6,11,14H,7-9H2,1-3H3,(H,17,19)/t11-,14-/m0/s1. The molecule has 1 aromatic rings. The molecule has 0 spiro atoms. The molecule has 1 N–H and O–H groups in total. The number of sulfonamides is 1. The Morgan fingerprint density at radius 3 is 2.74 bits per heavy atom. The van der Waals surface area contributed by atoms with Gasteiger partial charge in [0.2, 0.25) is 10.0 Å². The fraction of sp³-hybridized carbons (Fsp3) is 0.533. The number of carbonyl (C=O) groups is 1. The van der Waals surface area contributed by atoms with Gasteiger partial charge in [-0.3, -0.25) is 4.79 Å². The summed E-state index contributed by atoms with van der Waals surface area (Å²) in [6, 6.07) is 4.76. The molecule has 1 heterocycles. The first-order valence-corrected chi connectivity index (χ1v) is 9.24. The molecule has 0 unspecified atom stereocenters. The van der Waals surface area contributed by atoms with Crippen molar-refractivity contribution >= 4 is 27.5 Å². The lowest BCUT2D eigenvalue weighted by Crippen LogP contribution is -2.43. The monoisotopic (exact) mass is 360 g/mol. The molecule has 2 atom stereocenters. The molecular weight excluding hydrogens is 340 g/mol. The van der Waals surface area contributed by atoms with Crippen LogP contribution in [-0.4, -0.2) is 57.7 Å². The number of aryl methyl sites for hydroxylation is 1. The van der Waals surface area contributed by atoms with E-state index in [1.165, 1.54) is 18.4 Å². The van der Waals surface area contributed by atoms with Crippen molar-refractivity contribution in [2.75, 3.05) is 33.1 Å². The van der Waals surface area contributed by atoms with Crippen molar-refractivity contribution in [3.05, 3.63) is 34.3 Å². The van der Waals surface area contributed by atoms with Crippen molar-refractivity contribution in [2.24, 2.45) is 5.92 Å². The molecule has 1 aliphatic heterocycles. The van der Waals surface area contributed by atoms with E-state index in [1.54, 1.807) is 18.2 Å². The smallest absolute Gasteiger partial charge is 0.251 e. The molecule has 0 aliphatic carbocycles. The predicted molar refractivity (Wildman–Crippen MR) is 89.2 cm³/mol. The highest BCUT2D eigenvalue weighted by atomic mass is 35.5. The normalized spacial score (nSPS) is 21.6. The second kappa shape index (κ2) is 7.17. The molecule has 1 amide bonds. The number of rotatable bonds is 5. The van der Waals surface area contributed by atoms with Gasteiger partial charge in [-0.1, -0.05) is 17.7 Å². The van der Waals surface area contributed by atoms with E-state index in [0.717, 1.165) is 5.56 Å². The second-order valence-electron chi connectivity index (χ2n) is 5.90. The summed E-state index contributed by atoms with van der Waals surface area (Å²) in [5.74, 6) is -0.599. The van der Waals surface area contributed by atoms with Crippen LogP contribution >= 0.6 is 11.6 Å². The van der Waals surface area contributed by atoms with Crippen molar-refractivity contribution in [1.82, 2.24) is 9.62 Å². The summed E-state index contributed by atoms with van der Waals surface area (Å²) in [6.45, 7) is 2.44. The Kier molecular flexibility index (Phi) is 5.67. The third-order valence-corrected chi connectivity index (χ3v) is 6.14. The van der Waals surface area contributed by atoms with Gasteiger partial charge in [0.25, 0.3) is 5.91 Å². The fourth-order valence-corrected chi connectivity index (χ4v) is 3.77. The molecule has 8 heteroatoms. The minimum atomic E-state index is -3.35. The summed E-state index contributed by atoms with van der Waals surface area (Å²) in [4.78, 5) is 12.4. The zero-order chi connectivity index (χ0) is 17.2. The van der Waals surface area contributed by atoms with E-state index in [-0.39, 0.29) is 23.6 Å². The van der Waals surface area contributed by atoms with Crippen molar-refractivity contribution in [3.8, 4) is 0 Å². The van der Waals surface area contributed by atoms with Crippen LogP contribution < -0.4 is 5.32 Å². The van der Waals surface area contributed by atoms with E-state index in [0.29, 0.717) is 23.8 Å².